The van der Waals surface area contributed by atoms with Crippen molar-refractivity contribution in [3.8, 4) is 5.75 Å². The summed E-state index contributed by atoms with van der Waals surface area (Å²) >= 11 is 3.59. The molecule has 0 aliphatic carbocycles. The van der Waals surface area contributed by atoms with Gasteiger partial charge in [0.15, 0.2) is 0 Å². The highest BCUT2D eigenvalue weighted by Crippen LogP contribution is 2.24. The smallest absolute Gasteiger partial charge is 0.118 e. The van der Waals surface area contributed by atoms with Crippen LogP contribution in [0.25, 0.3) is 10.6 Å². The maximum absolute atomic E-state index is 5.13. The van der Waals surface area contributed by atoms with Gasteiger partial charge in [0, 0.05) is 4.48 Å². The average Bonchev–Trinajstić information content (AvgIpc) is 2.40. The molecule has 0 saturated heterocycles. The molecule has 0 spiro atoms. The zero-order valence-corrected chi connectivity index (χ0v) is 11.1. The summed E-state index contributed by atoms with van der Waals surface area (Å²) in [6.45, 7) is 0. The van der Waals surface area contributed by atoms with Gasteiger partial charge in [0.1, 0.15) is 5.75 Å². The summed E-state index contributed by atoms with van der Waals surface area (Å²) in [6.07, 6.45) is 2.09. The Bertz CT molecular complexity index is 500. The lowest BCUT2D eigenvalue weighted by molar-refractivity contribution is 0.415. The molecule has 2 rings (SSSR count). The van der Waals surface area contributed by atoms with Gasteiger partial charge in [-0.05, 0) is 29.3 Å². The molecule has 2 heteroatoms. The average molecular weight is 289 g/mol. The molecule has 2 aromatic carbocycles. The van der Waals surface area contributed by atoms with E-state index in [1.165, 1.54) is 5.56 Å². The zero-order chi connectivity index (χ0) is 12.1. The summed E-state index contributed by atoms with van der Waals surface area (Å²) in [7, 11) is 1.67. The number of hydrogen-bond donors (Lipinski definition) is 0. The third-order valence-electron chi connectivity index (χ3n) is 2.46. The maximum atomic E-state index is 5.13. The molecule has 0 saturated carbocycles. The van der Waals surface area contributed by atoms with Crippen LogP contribution in [-0.2, 0) is 0 Å². The molecule has 0 atom stereocenters. The fraction of sp³-hybridized carbons (Fsp3) is 0.0667. The quantitative estimate of drug-likeness (QED) is 0.751. The summed E-state index contributed by atoms with van der Waals surface area (Å²) in [5.74, 6) is 0.873. The van der Waals surface area contributed by atoms with Crippen LogP contribution in [0.3, 0.4) is 0 Å². The van der Waals surface area contributed by atoms with E-state index in [0.717, 1.165) is 15.8 Å². The fourth-order valence-electron chi connectivity index (χ4n) is 1.53. The minimum Gasteiger partial charge on any atom is -0.497 e. The predicted octanol–water partition coefficient (Wildman–Crippen LogP) is 4.59. The molecule has 2 aromatic rings. The van der Waals surface area contributed by atoms with Crippen molar-refractivity contribution >= 4 is 26.5 Å². The van der Waals surface area contributed by atoms with Crippen LogP contribution < -0.4 is 4.74 Å². The Morgan fingerprint density at radius 2 is 1.65 bits per heavy atom. The highest BCUT2D eigenvalue weighted by Gasteiger charge is 1.97. The molecule has 0 aromatic heterocycles. The second-order valence-corrected chi connectivity index (χ2v) is 4.49. The molecule has 0 aliphatic heterocycles. The molecule has 0 N–H and O–H groups in total. The van der Waals surface area contributed by atoms with Crippen LogP contribution in [0.15, 0.2) is 54.6 Å². The van der Waals surface area contributed by atoms with Crippen LogP contribution in [0.1, 0.15) is 11.1 Å². The Morgan fingerprint density at radius 3 is 2.24 bits per heavy atom. The van der Waals surface area contributed by atoms with Crippen LogP contribution >= 0.6 is 15.9 Å². The molecule has 0 amide bonds. The van der Waals surface area contributed by atoms with Crippen molar-refractivity contribution in [1.29, 1.82) is 0 Å². The molecule has 0 fully saturated rings. The number of methoxy groups -OCH3 is 1. The van der Waals surface area contributed by atoms with Crippen LogP contribution in [0.5, 0.6) is 5.75 Å². The molecule has 0 bridgehead atoms. The fourth-order valence-corrected chi connectivity index (χ4v) is 2.06. The number of hydrogen-bond acceptors (Lipinski definition) is 1. The number of rotatable bonds is 3. The van der Waals surface area contributed by atoms with Crippen molar-refractivity contribution in [1.82, 2.24) is 0 Å². The van der Waals surface area contributed by atoms with Gasteiger partial charge in [0.2, 0.25) is 0 Å². The highest BCUT2D eigenvalue weighted by atomic mass is 79.9. The Labute approximate surface area is 110 Å². The van der Waals surface area contributed by atoms with E-state index in [1.54, 1.807) is 7.11 Å². The van der Waals surface area contributed by atoms with Gasteiger partial charge < -0.3 is 4.74 Å². The Kier molecular flexibility index (Phi) is 3.99. The summed E-state index contributed by atoms with van der Waals surface area (Å²) in [5, 5.41) is 0. The maximum Gasteiger partial charge on any atom is 0.118 e. The van der Waals surface area contributed by atoms with E-state index in [4.69, 9.17) is 4.74 Å². The minimum absolute atomic E-state index is 0.873. The Hall–Kier alpha value is -1.54. The standard InChI is InChI=1S/C15H13BrO/c1-17-14-9-7-12(8-10-14)11-15(16)13-5-3-2-4-6-13/h2-11H,1H3/b15-11-. The second-order valence-electron chi connectivity index (χ2n) is 3.63. The van der Waals surface area contributed by atoms with Crippen molar-refractivity contribution in [2.24, 2.45) is 0 Å². The summed E-state index contributed by atoms with van der Waals surface area (Å²) in [6, 6.07) is 18.2. The van der Waals surface area contributed by atoms with E-state index in [2.05, 4.69) is 34.1 Å². The van der Waals surface area contributed by atoms with Gasteiger partial charge in [-0.1, -0.05) is 58.4 Å². The molecular weight excluding hydrogens is 276 g/mol. The van der Waals surface area contributed by atoms with Gasteiger partial charge in [-0.2, -0.15) is 0 Å². The van der Waals surface area contributed by atoms with E-state index in [1.807, 2.05) is 42.5 Å². The Morgan fingerprint density at radius 1 is 1.00 bits per heavy atom. The highest BCUT2D eigenvalue weighted by molar-refractivity contribution is 9.15. The summed E-state index contributed by atoms with van der Waals surface area (Å²) in [4.78, 5) is 0. The first-order valence-corrected chi connectivity index (χ1v) is 6.15. The van der Waals surface area contributed by atoms with Gasteiger partial charge in [0.25, 0.3) is 0 Å². The molecule has 0 radical (unpaired) electrons. The Balaban J connectivity index is 2.23. The molecule has 1 nitrogen and oxygen atoms in total. The number of benzene rings is 2. The lowest BCUT2D eigenvalue weighted by Crippen LogP contribution is -1.82. The third-order valence-corrected chi connectivity index (χ3v) is 3.15. The van der Waals surface area contributed by atoms with E-state index in [0.29, 0.717) is 0 Å². The number of halogens is 1. The van der Waals surface area contributed by atoms with E-state index in [-0.39, 0.29) is 0 Å². The molecule has 0 heterocycles. The largest absolute Gasteiger partial charge is 0.497 e. The molecule has 0 unspecified atom stereocenters. The first-order chi connectivity index (χ1) is 8.29. The molecule has 86 valence electrons. The number of ether oxygens (including phenoxy) is 1. The van der Waals surface area contributed by atoms with Crippen LogP contribution in [-0.4, -0.2) is 7.11 Å². The van der Waals surface area contributed by atoms with Gasteiger partial charge in [-0.3, -0.25) is 0 Å². The monoisotopic (exact) mass is 288 g/mol. The van der Waals surface area contributed by atoms with Gasteiger partial charge in [-0.25, -0.2) is 0 Å². The summed E-state index contributed by atoms with van der Waals surface area (Å²) in [5.41, 5.74) is 2.31. The van der Waals surface area contributed by atoms with Crippen molar-refractivity contribution in [2.75, 3.05) is 7.11 Å². The molecular formula is C15H13BrO. The molecule has 0 aliphatic rings. The van der Waals surface area contributed by atoms with Gasteiger partial charge in [0.05, 0.1) is 7.11 Å². The second kappa shape index (κ2) is 5.69. The normalized spacial score (nSPS) is 11.3. The zero-order valence-electron chi connectivity index (χ0n) is 9.56. The van der Waals surface area contributed by atoms with E-state index in [9.17, 15) is 0 Å². The van der Waals surface area contributed by atoms with Crippen LogP contribution in [0.4, 0.5) is 0 Å². The topological polar surface area (TPSA) is 9.23 Å². The lowest BCUT2D eigenvalue weighted by atomic mass is 10.1. The first-order valence-electron chi connectivity index (χ1n) is 5.36. The van der Waals surface area contributed by atoms with E-state index < -0.39 is 0 Å². The lowest BCUT2D eigenvalue weighted by Gasteiger charge is -2.01. The van der Waals surface area contributed by atoms with Crippen molar-refractivity contribution in [2.45, 2.75) is 0 Å². The van der Waals surface area contributed by atoms with Gasteiger partial charge >= 0.3 is 0 Å². The van der Waals surface area contributed by atoms with Gasteiger partial charge in [-0.15, -0.1) is 0 Å². The van der Waals surface area contributed by atoms with E-state index >= 15 is 0 Å². The third kappa shape index (κ3) is 3.21. The van der Waals surface area contributed by atoms with Crippen LogP contribution in [0, 0.1) is 0 Å². The summed E-state index contributed by atoms with van der Waals surface area (Å²) < 4.78 is 6.20. The van der Waals surface area contributed by atoms with Crippen molar-refractivity contribution < 1.29 is 4.74 Å². The minimum atomic E-state index is 0.873. The van der Waals surface area contributed by atoms with Crippen LogP contribution in [0.2, 0.25) is 0 Å². The first kappa shape index (κ1) is 11.9. The van der Waals surface area contributed by atoms with Crippen molar-refractivity contribution in [3.05, 3.63) is 65.7 Å². The molecule has 17 heavy (non-hydrogen) atoms. The predicted molar refractivity (Wildman–Crippen MR) is 76.2 cm³/mol. The van der Waals surface area contributed by atoms with Crippen molar-refractivity contribution in [3.63, 3.8) is 0 Å². The SMILES string of the molecule is COc1ccc(/C=C(\Br)c2ccccc2)cc1.